The van der Waals surface area contributed by atoms with Gasteiger partial charge in [0.2, 0.25) is 0 Å². The van der Waals surface area contributed by atoms with Crippen molar-refractivity contribution in [1.29, 1.82) is 5.26 Å². The highest BCUT2D eigenvalue weighted by Crippen LogP contribution is 2.21. The third-order valence-corrected chi connectivity index (χ3v) is 3.62. The average molecular weight is 234 g/mol. The molecule has 3 heteroatoms. The maximum Gasteiger partial charge on any atom is 0.100 e. The summed E-state index contributed by atoms with van der Waals surface area (Å²) in [4.78, 5) is 3.49. The summed E-state index contributed by atoms with van der Waals surface area (Å²) >= 11 is 1.77. The van der Waals surface area contributed by atoms with Crippen molar-refractivity contribution in [3.8, 4) is 6.07 Å². The lowest BCUT2D eigenvalue weighted by molar-refractivity contribution is 0.324. The van der Waals surface area contributed by atoms with Gasteiger partial charge in [0, 0.05) is 17.2 Å². The number of hydrogen-bond acceptors (Lipinski definition) is 3. The number of nitriles is 1. The molecule has 1 rings (SSSR count). The van der Waals surface area contributed by atoms with Crippen molar-refractivity contribution in [1.82, 2.24) is 4.90 Å². The molecule has 0 aliphatic heterocycles. The minimum atomic E-state index is 0.784. The highest BCUT2D eigenvalue weighted by Gasteiger charge is 2.03. The van der Waals surface area contributed by atoms with Crippen molar-refractivity contribution in [3.63, 3.8) is 0 Å². The zero-order valence-electron chi connectivity index (χ0n) is 9.94. The molecule has 0 aliphatic carbocycles. The van der Waals surface area contributed by atoms with E-state index in [1.807, 2.05) is 24.3 Å². The largest absolute Gasteiger partial charge is 0.303 e. The molecule has 86 valence electrons. The molecule has 0 atom stereocenters. The monoisotopic (exact) mass is 234 g/mol. The lowest BCUT2D eigenvalue weighted by Crippen LogP contribution is -2.25. The molecule has 0 aromatic heterocycles. The van der Waals surface area contributed by atoms with Gasteiger partial charge in [-0.05, 0) is 25.2 Å². The first-order valence-corrected chi connectivity index (χ1v) is 6.64. The van der Waals surface area contributed by atoms with Crippen molar-refractivity contribution < 1.29 is 0 Å². The molecule has 0 saturated heterocycles. The van der Waals surface area contributed by atoms with Gasteiger partial charge < -0.3 is 4.90 Å². The van der Waals surface area contributed by atoms with Crippen LogP contribution >= 0.6 is 11.8 Å². The number of rotatable bonds is 6. The van der Waals surface area contributed by atoms with Gasteiger partial charge in [0.05, 0.1) is 5.56 Å². The maximum atomic E-state index is 8.95. The summed E-state index contributed by atoms with van der Waals surface area (Å²) in [7, 11) is 0. The Morgan fingerprint density at radius 1 is 1.25 bits per heavy atom. The molecule has 0 amide bonds. The predicted octanol–water partition coefficient (Wildman–Crippen LogP) is 2.99. The molecule has 0 spiro atoms. The number of nitrogens with zero attached hydrogens (tertiary/aromatic N) is 2. The SMILES string of the molecule is CCN(CC)CCSc1ccccc1C#N. The van der Waals surface area contributed by atoms with Crippen LogP contribution in [0.4, 0.5) is 0 Å². The van der Waals surface area contributed by atoms with E-state index in [1.165, 1.54) is 0 Å². The molecule has 0 N–H and O–H groups in total. The first kappa shape index (κ1) is 13.1. The second-order valence-corrected chi connectivity index (χ2v) is 4.62. The highest BCUT2D eigenvalue weighted by atomic mass is 32.2. The van der Waals surface area contributed by atoms with Gasteiger partial charge in [0.15, 0.2) is 0 Å². The summed E-state index contributed by atoms with van der Waals surface area (Å²) in [5, 5.41) is 8.95. The normalized spacial score (nSPS) is 10.4. The van der Waals surface area contributed by atoms with E-state index in [-0.39, 0.29) is 0 Å². The maximum absolute atomic E-state index is 8.95. The topological polar surface area (TPSA) is 27.0 Å². The second-order valence-electron chi connectivity index (χ2n) is 3.48. The molecule has 0 saturated carbocycles. The van der Waals surface area contributed by atoms with E-state index in [4.69, 9.17) is 5.26 Å². The smallest absolute Gasteiger partial charge is 0.100 e. The van der Waals surface area contributed by atoms with Gasteiger partial charge >= 0.3 is 0 Å². The molecule has 0 heterocycles. The lowest BCUT2D eigenvalue weighted by atomic mass is 10.2. The Balaban J connectivity index is 2.46. The van der Waals surface area contributed by atoms with Crippen LogP contribution in [0.1, 0.15) is 19.4 Å². The van der Waals surface area contributed by atoms with Gasteiger partial charge in [-0.25, -0.2) is 0 Å². The molecule has 0 unspecified atom stereocenters. The number of hydrogen-bond donors (Lipinski definition) is 0. The summed E-state index contributed by atoms with van der Waals surface area (Å²) in [6.07, 6.45) is 0. The first-order chi connectivity index (χ1) is 7.81. The molecule has 0 aliphatic rings. The predicted molar refractivity (Wildman–Crippen MR) is 69.7 cm³/mol. The van der Waals surface area contributed by atoms with Crippen molar-refractivity contribution in [2.75, 3.05) is 25.4 Å². The molecule has 0 fully saturated rings. The van der Waals surface area contributed by atoms with Crippen molar-refractivity contribution in [2.45, 2.75) is 18.7 Å². The van der Waals surface area contributed by atoms with E-state index >= 15 is 0 Å². The molecular formula is C13H18N2S. The number of thioether (sulfide) groups is 1. The standard InChI is InChI=1S/C13H18N2S/c1-3-15(4-2)9-10-16-13-8-6-5-7-12(13)11-14/h5-8H,3-4,9-10H2,1-2H3. The summed E-state index contributed by atoms with van der Waals surface area (Å²) in [5.41, 5.74) is 0.784. The zero-order chi connectivity index (χ0) is 11.8. The lowest BCUT2D eigenvalue weighted by Gasteiger charge is -2.17. The molecular weight excluding hydrogens is 216 g/mol. The zero-order valence-corrected chi connectivity index (χ0v) is 10.8. The summed E-state index contributed by atoms with van der Waals surface area (Å²) in [6.45, 7) is 7.63. The van der Waals surface area contributed by atoms with Crippen LogP contribution < -0.4 is 0 Å². The quantitative estimate of drug-likeness (QED) is 0.708. The summed E-state index contributed by atoms with van der Waals surface area (Å²) in [5.74, 6) is 1.04. The molecule has 1 aromatic carbocycles. The van der Waals surface area contributed by atoms with Crippen LogP contribution in [0.25, 0.3) is 0 Å². The van der Waals surface area contributed by atoms with Crippen LogP contribution in [-0.2, 0) is 0 Å². The molecule has 16 heavy (non-hydrogen) atoms. The first-order valence-electron chi connectivity index (χ1n) is 5.66. The molecule has 1 aromatic rings. The molecule has 2 nitrogen and oxygen atoms in total. The minimum absolute atomic E-state index is 0.784. The fourth-order valence-corrected chi connectivity index (χ4v) is 2.52. The summed E-state index contributed by atoms with van der Waals surface area (Å²) in [6, 6.07) is 10.0. The molecule has 0 radical (unpaired) electrons. The Morgan fingerprint density at radius 3 is 2.56 bits per heavy atom. The Labute approximate surface area is 102 Å². The number of benzene rings is 1. The van der Waals surface area contributed by atoms with E-state index < -0.39 is 0 Å². The second kappa shape index (κ2) is 7.32. The van der Waals surface area contributed by atoms with Gasteiger partial charge in [-0.1, -0.05) is 26.0 Å². The Bertz CT molecular complexity index is 353. The van der Waals surface area contributed by atoms with Gasteiger partial charge in [-0.3, -0.25) is 0 Å². The van der Waals surface area contributed by atoms with E-state index in [0.29, 0.717) is 0 Å². The van der Waals surface area contributed by atoms with Crippen LogP contribution in [0.3, 0.4) is 0 Å². The molecule has 0 bridgehead atoms. The highest BCUT2D eigenvalue weighted by molar-refractivity contribution is 7.99. The fourth-order valence-electron chi connectivity index (χ4n) is 1.51. The summed E-state index contributed by atoms with van der Waals surface area (Å²) < 4.78 is 0. The van der Waals surface area contributed by atoms with Crippen molar-refractivity contribution >= 4 is 11.8 Å². The van der Waals surface area contributed by atoms with Crippen molar-refractivity contribution in [2.24, 2.45) is 0 Å². The van der Waals surface area contributed by atoms with Gasteiger partial charge in [-0.15, -0.1) is 11.8 Å². The van der Waals surface area contributed by atoms with Crippen LogP contribution in [0.5, 0.6) is 0 Å². The van der Waals surface area contributed by atoms with E-state index in [9.17, 15) is 0 Å². The Kier molecular flexibility index (Phi) is 5.99. The van der Waals surface area contributed by atoms with E-state index in [1.54, 1.807) is 11.8 Å². The van der Waals surface area contributed by atoms with E-state index in [2.05, 4.69) is 24.8 Å². The van der Waals surface area contributed by atoms with Crippen LogP contribution in [0.2, 0.25) is 0 Å². The van der Waals surface area contributed by atoms with Gasteiger partial charge in [0.1, 0.15) is 6.07 Å². The fraction of sp³-hybridized carbons (Fsp3) is 0.462. The van der Waals surface area contributed by atoms with Crippen molar-refractivity contribution in [3.05, 3.63) is 29.8 Å². The third-order valence-electron chi connectivity index (χ3n) is 2.57. The Morgan fingerprint density at radius 2 is 1.94 bits per heavy atom. The average Bonchev–Trinajstić information content (AvgIpc) is 2.35. The van der Waals surface area contributed by atoms with Gasteiger partial charge in [0.25, 0.3) is 0 Å². The Hall–Kier alpha value is -0.980. The van der Waals surface area contributed by atoms with Crippen LogP contribution in [-0.4, -0.2) is 30.3 Å². The van der Waals surface area contributed by atoms with Crippen LogP contribution in [0.15, 0.2) is 29.2 Å². The van der Waals surface area contributed by atoms with Gasteiger partial charge in [-0.2, -0.15) is 5.26 Å². The third kappa shape index (κ3) is 3.88. The van der Waals surface area contributed by atoms with Crippen LogP contribution in [0, 0.1) is 11.3 Å². The minimum Gasteiger partial charge on any atom is -0.303 e. The van der Waals surface area contributed by atoms with E-state index in [0.717, 1.165) is 35.8 Å².